The van der Waals surface area contributed by atoms with E-state index in [-0.39, 0.29) is 17.1 Å². The zero-order chi connectivity index (χ0) is 30.7. The molecule has 1 aliphatic heterocycles. The SMILES string of the molecule is O=C(O)C(F)(F)F.O=c1[nH]ccc2nc(-c3ccc(CN4CCc5cc(O)c(O)cc5C4)cc3)c(-c3ccccc3)cc12. The van der Waals surface area contributed by atoms with Crippen LogP contribution in [0.5, 0.6) is 11.5 Å². The summed E-state index contributed by atoms with van der Waals surface area (Å²) in [4.78, 5) is 31.3. The van der Waals surface area contributed by atoms with Gasteiger partial charge < -0.3 is 20.3 Å². The van der Waals surface area contributed by atoms with Gasteiger partial charge in [-0.25, -0.2) is 9.78 Å². The maximum absolute atomic E-state index is 12.4. The van der Waals surface area contributed by atoms with E-state index in [2.05, 4.69) is 34.1 Å². The van der Waals surface area contributed by atoms with Crippen LogP contribution in [0.2, 0.25) is 0 Å². The van der Waals surface area contributed by atoms with E-state index >= 15 is 0 Å². The van der Waals surface area contributed by atoms with Crippen LogP contribution in [0.15, 0.2) is 89.9 Å². The van der Waals surface area contributed by atoms with Gasteiger partial charge in [-0.05, 0) is 52.9 Å². The van der Waals surface area contributed by atoms with Crippen LogP contribution < -0.4 is 5.56 Å². The van der Waals surface area contributed by atoms with Crippen LogP contribution in [0.1, 0.15) is 16.7 Å². The lowest BCUT2D eigenvalue weighted by Crippen LogP contribution is -2.29. The molecular formula is C32H26F3N3O5. The molecule has 6 rings (SSSR count). The van der Waals surface area contributed by atoms with Gasteiger partial charge in [0.25, 0.3) is 5.56 Å². The number of nitrogens with one attached hydrogen (secondary N) is 1. The summed E-state index contributed by atoms with van der Waals surface area (Å²) in [7, 11) is 0. The number of aliphatic carboxylic acids is 1. The van der Waals surface area contributed by atoms with Crippen molar-refractivity contribution in [2.45, 2.75) is 25.7 Å². The lowest BCUT2D eigenvalue weighted by molar-refractivity contribution is -0.192. The number of fused-ring (bicyclic) bond motifs is 2. The normalized spacial score (nSPS) is 13.2. The smallest absolute Gasteiger partial charge is 0.490 e. The Morgan fingerprint density at radius 3 is 2.21 bits per heavy atom. The second-order valence-electron chi connectivity index (χ2n) is 10.1. The minimum absolute atomic E-state index is 0.0560. The average Bonchev–Trinajstić information content (AvgIpc) is 2.98. The van der Waals surface area contributed by atoms with Crippen molar-refractivity contribution in [3.8, 4) is 33.9 Å². The van der Waals surface area contributed by atoms with Crippen LogP contribution in [0, 0.1) is 0 Å². The Morgan fingerprint density at radius 1 is 0.907 bits per heavy atom. The van der Waals surface area contributed by atoms with Gasteiger partial charge in [0.15, 0.2) is 11.5 Å². The van der Waals surface area contributed by atoms with E-state index in [9.17, 15) is 28.2 Å². The molecule has 0 saturated carbocycles. The summed E-state index contributed by atoms with van der Waals surface area (Å²) in [6.07, 6.45) is -2.62. The molecule has 0 spiro atoms. The number of carbonyl (C=O) groups is 1. The Kier molecular flexibility index (Phi) is 8.18. The molecule has 0 fully saturated rings. The number of nitrogens with zero attached hydrogens (tertiary/aromatic N) is 2. The third-order valence-electron chi connectivity index (χ3n) is 7.10. The summed E-state index contributed by atoms with van der Waals surface area (Å²) >= 11 is 0. The maximum atomic E-state index is 12.4. The number of carboxylic acid groups (broad SMARTS) is 1. The van der Waals surface area contributed by atoms with Gasteiger partial charge in [-0.3, -0.25) is 9.69 Å². The van der Waals surface area contributed by atoms with Crippen molar-refractivity contribution in [3.05, 3.63) is 112 Å². The van der Waals surface area contributed by atoms with Crippen LogP contribution in [-0.4, -0.2) is 48.9 Å². The molecule has 2 aromatic heterocycles. The summed E-state index contributed by atoms with van der Waals surface area (Å²) in [5.74, 6) is -2.88. The molecule has 43 heavy (non-hydrogen) atoms. The molecule has 0 aliphatic carbocycles. The monoisotopic (exact) mass is 589 g/mol. The first-order valence-electron chi connectivity index (χ1n) is 13.2. The zero-order valence-corrected chi connectivity index (χ0v) is 22.6. The highest BCUT2D eigenvalue weighted by molar-refractivity contribution is 5.91. The standard InChI is InChI=1S/C30H25N3O3.C2HF3O2/c34-27-14-22-11-13-33(18-23(22)15-28(27)35)17-19-6-8-21(9-7-19)29-24(20-4-2-1-3-5-20)16-25-26(32-29)10-12-31-30(25)36;3-2(4,5)1(6)7/h1-10,12,14-16,34-35H,11,13,17-18H2,(H,31,36);(H,6,7). The van der Waals surface area contributed by atoms with Crippen molar-refractivity contribution in [1.82, 2.24) is 14.9 Å². The van der Waals surface area contributed by atoms with Gasteiger partial charge >= 0.3 is 12.1 Å². The molecule has 1 aliphatic rings. The van der Waals surface area contributed by atoms with Crippen molar-refractivity contribution in [2.24, 2.45) is 0 Å². The van der Waals surface area contributed by atoms with Gasteiger partial charge in [-0.1, -0.05) is 54.6 Å². The molecule has 0 unspecified atom stereocenters. The van der Waals surface area contributed by atoms with Gasteiger partial charge in [-0.2, -0.15) is 13.2 Å². The predicted molar refractivity (Wildman–Crippen MR) is 155 cm³/mol. The largest absolute Gasteiger partial charge is 0.504 e. The van der Waals surface area contributed by atoms with Crippen molar-refractivity contribution in [1.29, 1.82) is 0 Å². The van der Waals surface area contributed by atoms with E-state index in [0.717, 1.165) is 59.6 Å². The fourth-order valence-corrected chi connectivity index (χ4v) is 4.97. The number of hydrogen-bond acceptors (Lipinski definition) is 6. The number of alkyl halides is 3. The molecule has 0 bridgehead atoms. The highest BCUT2D eigenvalue weighted by Crippen LogP contribution is 2.34. The second kappa shape index (κ2) is 12.0. The molecule has 8 nitrogen and oxygen atoms in total. The predicted octanol–water partition coefficient (Wildman–Crippen LogP) is 5.86. The third kappa shape index (κ3) is 6.68. The fourth-order valence-electron chi connectivity index (χ4n) is 4.97. The zero-order valence-electron chi connectivity index (χ0n) is 22.6. The lowest BCUT2D eigenvalue weighted by Gasteiger charge is -2.29. The summed E-state index contributed by atoms with van der Waals surface area (Å²) in [6.45, 7) is 2.40. The minimum atomic E-state index is -5.08. The number of aromatic hydroxyl groups is 2. The highest BCUT2D eigenvalue weighted by Gasteiger charge is 2.38. The third-order valence-corrected chi connectivity index (χ3v) is 7.10. The first-order valence-corrected chi connectivity index (χ1v) is 13.2. The van der Waals surface area contributed by atoms with Crippen molar-refractivity contribution < 1.29 is 33.3 Å². The second-order valence-corrected chi connectivity index (χ2v) is 10.1. The van der Waals surface area contributed by atoms with Gasteiger partial charge in [0.2, 0.25) is 0 Å². The maximum Gasteiger partial charge on any atom is 0.490 e. The van der Waals surface area contributed by atoms with E-state index < -0.39 is 12.1 Å². The minimum Gasteiger partial charge on any atom is -0.504 e. The Morgan fingerprint density at radius 2 is 1.56 bits per heavy atom. The molecule has 3 aromatic carbocycles. The lowest BCUT2D eigenvalue weighted by atomic mass is 9.96. The Labute approximate surface area is 243 Å². The Hall–Kier alpha value is -5.16. The summed E-state index contributed by atoms with van der Waals surface area (Å²) in [5.41, 5.74) is 7.60. The molecule has 0 saturated heterocycles. The molecule has 0 amide bonds. The molecular weight excluding hydrogens is 563 g/mol. The first-order chi connectivity index (χ1) is 20.5. The number of H-pyrrole nitrogens is 1. The number of carboxylic acids is 1. The first kappa shape index (κ1) is 29.3. The number of aromatic nitrogens is 2. The summed E-state index contributed by atoms with van der Waals surface area (Å²) in [6, 6.07) is 25.5. The van der Waals surface area contributed by atoms with Crippen LogP contribution in [0.4, 0.5) is 13.2 Å². The number of pyridine rings is 2. The van der Waals surface area contributed by atoms with E-state index in [1.54, 1.807) is 18.3 Å². The number of hydrogen-bond donors (Lipinski definition) is 4. The van der Waals surface area contributed by atoms with Crippen molar-refractivity contribution >= 4 is 16.9 Å². The molecule has 11 heteroatoms. The quantitative estimate of drug-likeness (QED) is 0.194. The van der Waals surface area contributed by atoms with Gasteiger partial charge in [0.1, 0.15) is 0 Å². The van der Waals surface area contributed by atoms with E-state index in [4.69, 9.17) is 14.9 Å². The van der Waals surface area contributed by atoms with Crippen LogP contribution in [-0.2, 0) is 24.3 Å². The Balaban J connectivity index is 0.000000472. The number of phenols is 2. The fraction of sp³-hybridized carbons (Fsp3) is 0.156. The Bertz CT molecular complexity index is 1840. The highest BCUT2D eigenvalue weighted by atomic mass is 19.4. The molecule has 3 heterocycles. The molecule has 0 radical (unpaired) electrons. The topological polar surface area (TPSA) is 127 Å². The average molecular weight is 590 g/mol. The van der Waals surface area contributed by atoms with Gasteiger partial charge in [0.05, 0.1) is 16.6 Å². The number of benzene rings is 3. The van der Waals surface area contributed by atoms with Crippen LogP contribution >= 0.6 is 0 Å². The van der Waals surface area contributed by atoms with E-state index in [1.165, 1.54) is 5.56 Å². The number of aromatic amines is 1. The van der Waals surface area contributed by atoms with Gasteiger partial charge in [0, 0.05) is 37.0 Å². The molecule has 4 N–H and O–H groups in total. The van der Waals surface area contributed by atoms with E-state index in [1.807, 2.05) is 42.5 Å². The van der Waals surface area contributed by atoms with Gasteiger partial charge in [-0.15, -0.1) is 0 Å². The van der Waals surface area contributed by atoms with Crippen molar-refractivity contribution in [3.63, 3.8) is 0 Å². The summed E-state index contributed by atoms with van der Waals surface area (Å²) in [5, 5.41) is 27.4. The number of halogens is 3. The molecule has 220 valence electrons. The molecule has 5 aromatic rings. The van der Waals surface area contributed by atoms with Crippen LogP contribution in [0.3, 0.4) is 0 Å². The number of rotatable bonds is 4. The van der Waals surface area contributed by atoms with Crippen LogP contribution in [0.25, 0.3) is 33.3 Å². The van der Waals surface area contributed by atoms with Crippen molar-refractivity contribution in [2.75, 3.05) is 6.54 Å². The van der Waals surface area contributed by atoms with E-state index in [0.29, 0.717) is 10.9 Å². The number of phenolic OH excluding ortho intramolecular Hbond substituents is 2. The summed E-state index contributed by atoms with van der Waals surface area (Å²) < 4.78 is 31.7. The molecule has 0 atom stereocenters.